The average Bonchev–Trinajstić information content (AvgIpc) is 3.14. The van der Waals surface area contributed by atoms with E-state index in [1.54, 1.807) is 0 Å². The van der Waals surface area contributed by atoms with E-state index in [2.05, 4.69) is 15.8 Å². The number of hydrogen-bond acceptors (Lipinski definition) is 5. The van der Waals surface area contributed by atoms with Gasteiger partial charge in [-0.15, -0.1) is 0 Å². The number of amides is 1. The van der Waals surface area contributed by atoms with Crippen LogP contribution < -0.4 is 10.6 Å². The van der Waals surface area contributed by atoms with Gasteiger partial charge in [-0.3, -0.25) is 4.79 Å². The number of benzene rings is 1. The number of nitrogens with one attached hydrogen (secondary N) is 2. The molecule has 1 saturated carbocycles. The second-order valence-corrected chi connectivity index (χ2v) is 8.05. The fourth-order valence-electron chi connectivity index (χ4n) is 3.61. The predicted molar refractivity (Wildman–Crippen MR) is 105 cm³/mol. The summed E-state index contributed by atoms with van der Waals surface area (Å²) in [6.07, 6.45) is -7.44. The minimum Gasteiger partial charge on any atom is -0.393 e. The molecule has 1 amide bonds. The summed E-state index contributed by atoms with van der Waals surface area (Å²) in [4.78, 5) is 12.8. The van der Waals surface area contributed by atoms with Crippen molar-refractivity contribution in [3.63, 3.8) is 0 Å². The van der Waals surface area contributed by atoms with Crippen LogP contribution in [0.25, 0.3) is 11.3 Å². The maximum atomic E-state index is 13.0. The molecule has 6 nitrogen and oxygen atoms in total. The van der Waals surface area contributed by atoms with Crippen molar-refractivity contribution in [2.45, 2.75) is 69.7 Å². The Hall–Kier alpha value is -2.60. The van der Waals surface area contributed by atoms with E-state index in [0.29, 0.717) is 25.7 Å². The molecular formula is C21H23F6N3O3. The van der Waals surface area contributed by atoms with Gasteiger partial charge in [0.05, 0.1) is 11.7 Å². The van der Waals surface area contributed by atoms with Crippen molar-refractivity contribution >= 4 is 5.91 Å². The highest BCUT2D eigenvalue weighted by molar-refractivity contribution is 5.95. The Morgan fingerprint density at radius 2 is 1.85 bits per heavy atom. The van der Waals surface area contributed by atoms with Crippen LogP contribution in [0.1, 0.15) is 54.2 Å². The summed E-state index contributed by atoms with van der Waals surface area (Å²) in [6.45, 7) is 0.436. The van der Waals surface area contributed by atoms with Gasteiger partial charge < -0.3 is 20.3 Å². The number of halogens is 6. The van der Waals surface area contributed by atoms with E-state index in [4.69, 9.17) is 4.52 Å². The lowest BCUT2D eigenvalue weighted by atomic mass is 9.93. The molecule has 1 aromatic heterocycles. The first-order valence-electron chi connectivity index (χ1n) is 10.3. The second kappa shape index (κ2) is 9.72. The van der Waals surface area contributed by atoms with Crippen molar-refractivity contribution in [3.05, 3.63) is 41.1 Å². The van der Waals surface area contributed by atoms with Crippen LogP contribution in [0.15, 0.2) is 28.8 Å². The van der Waals surface area contributed by atoms with Crippen LogP contribution in [0, 0.1) is 0 Å². The summed E-state index contributed by atoms with van der Waals surface area (Å²) in [5.74, 6) is -0.813. The topological polar surface area (TPSA) is 87.4 Å². The lowest BCUT2D eigenvalue weighted by Gasteiger charge is -2.26. The fourth-order valence-corrected chi connectivity index (χ4v) is 3.61. The Kier molecular flexibility index (Phi) is 7.37. The number of hydrogen-bond donors (Lipinski definition) is 3. The maximum Gasteiger partial charge on any atom is 0.416 e. The number of aliphatic hydroxyl groups is 1. The van der Waals surface area contributed by atoms with Gasteiger partial charge in [-0.05, 0) is 44.7 Å². The maximum absolute atomic E-state index is 13.0. The standard InChI is InChI=1S/C21H23F6N3O3/c1-11(20(22,23)24)28-10-16-17(19(32)29-14-3-2-4-15(31)9-14)30-33-18(16)12-5-7-13(8-6-12)21(25,26)27/h5-8,11,14-15,28,31H,2-4,9-10H2,1H3,(H,29,32)/t11-,14+,15-/m0/s1. The van der Waals surface area contributed by atoms with Gasteiger partial charge in [0.2, 0.25) is 0 Å². The zero-order valence-electron chi connectivity index (χ0n) is 17.6. The first-order valence-corrected chi connectivity index (χ1v) is 10.3. The van der Waals surface area contributed by atoms with E-state index in [1.165, 1.54) is 0 Å². The van der Waals surface area contributed by atoms with E-state index in [1.807, 2.05) is 0 Å². The van der Waals surface area contributed by atoms with Gasteiger partial charge in [0.25, 0.3) is 5.91 Å². The highest BCUT2D eigenvalue weighted by atomic mass is 19.4. The lowest BCUT2D eigenvalue weighted by Crippen LogP contribution is -2.41. The van der Waals surface area contributed by atoms with E-state index in [0.717, 1.165) is 31.2 Å². The van der Waals surface area contributed by atoms with Gasteiger partial charge >= 0.3 is 12.4 Å². The summed E-state index contributed by atoms with van der Waals surface area (Å²) < 4.78 is 82.6. The Balaban J connectivity index is 1.89. The van der Waals surface area contributed by atoms with Crippen LogP contribution in [0.4, 0.5) is 26.3 Å². The quantitative estimate of drug-likeness (QED) is 0.534. The molecule has 0 bridgehead atoms. The molecule has 0 saturated heterocycles. The number of carbonyl (C=O) groups excluding carboxylic acids is 1. The molecule has 182 valence electrons. The molecule has 1 aliphatic rings. The van der Waals surface area contributed by atoms with Gasteiger partial charge in [-0.2, -0.15) is 26.3 Å². The highest BCUT2D eigenvalue weighted by Crippen LogP contribution is 2.33. The number of rotatable bonds is 6. The van der Waals surface area contributed by atoms with Crippen LogP contribution in [0.5, 0.6) is 0 Å². The van der Waals surface area contributed by atoms with Crippen molar-refractivity contribution in [2.24, 2.45) is 0 Å². The average molecular weight is 479 g/mol. The Labute approximate surface area is 185 Å². The Morgan fingerprint density at radius 1 is 1.18 bits per heavy atom. The van der Waals surface area contributed by atoms with Crippen LogP contribution in [0.3, 0.4) is 0 Å². The number of aliphatic hydroxyl groups excluding tert-OH is 1. The molecule has 33 heavy (non-hydrogen) atoms. The third-order valence-corrected chi connectivity index (χ3v) is 5.54. The molecule has 3 rings (SSSR count). The SMILES string of the molecule is C[C@H](NCc1c(C(=O)N[C@@H]2CCC[C@H](O)C2)noc1-c1ccc(C(F)(F)F)cc1)C(F)(F)F. The molecular weight excluding hydrogens is 456 g/mol. The highest BCUT2D eigenvalue weighted by Gasteiger charge is 2.36. The predicted octanol–water partition coefficient (Wildman–Crippen LogP) is 4.43. The van der Waals surface area contributed by atoms with E-state index >= 15 is 0 Å². The second-order valence-electron chi connectivity index (χ2n) is 8.05. The summed E-state index contributed by atoms with van der Waals surface area (Å²) in [7, 11) is 0. The van der Waals surface area contributed by atoms with Crippen molar-refractivity contribution in [2.75, 3.05) is 0 Å². The van der Waals surface area contributed by atoms with E-state index in [9.17, 15) is 36.2 Å². The van der Waals surface area contributed by atoms with E-state index in [-0.39, 0.29) is 28.6 Å². The van der Waals surface area contributed by atoms with Gasteiger partial charge in [0.1, 0.15) is 6.04 Å². The molecule has 0 radical (unpaired) electrons. The van der Waals surface area contributed by atoms with Gasteiger partial charge in [-0.25, -0.2) is 0 Å². The zero-order chi connectivity index (χ0) is 24.4. The van der Waals surface area contributed by atoms with Crippen LogP contribution in [0.2, 0.25) is 0 Å². The summed E-state index contributed by atoms with van der Waals surface area (Å²) in [5.41, 5.74) is -1.07. The molecule has 0 spiro atoms. The van der Waals surface area contributed by atoms with Crippen molar-refractivity contribution < 1.29 is 40.8 Å². The third-order valence-electron chi connectivity index (χ3n) is 5.54. The molecule has 1 aromatic carbocycles. The monoisotopic (exact) mass is 479 g/mol. The number of alkyl halides is 6. The number of aromatic nitrogens is 1. The fraction of sp³-hybridized carbons (Fsp3) is 0.524. The first kappa shape index (κ1) is 25.0. The first-order chi connectivity index (χ1) is 15.4. The molecule has 1 fully saturated rings. The number of nitrogens with zero attached hydrogens (tertiary/aromatic N) is 1. The van der Waals surface area contributed by atoms with Crippen LogP contribution in [-0.4, -0.2) is 40.5 Å². The zero-order valence-corrected chi connectivity index (χ0v) is 17.6. The molecule has 0 unspecified atom stereocenters. The molecule has 12 heteroatoms. The van der Waals surface area contributed by atoms with Crippen molar-refractivity contribution in [3.8, 4) is 11.3 Å². The van der Waals surface area contributed by atoms with Gasteiger partial charge in [0, 0.05) is 23.7 Å². The molecule has 0 aliphatic heterocycles. The van der Waals surface area contributed by atoms with Crippen molar-refractivity contribution in [1.29, 1.82) is 0 Å². The minimum absolute atomic E-state index is 0.0142. The summed E-state index contributed by atoms with van der Waals surface area (Å²) >= 11 is 0. The molecule has 2 aromatic rings. The summed E-state index contributed by atoms with van der Waals surface area (Å²) in [6, 6.07) is 1.53. The lowest BCUT2D eigenvalue weighted by molar-refractivity contribution is -0.151. The van der Waals surface area contributed by atoms with Crippen LogP contribution >= 0.6 is 0 Å². The number of carbonyl (C=O) groups is 1. The van der Waals surface area contributed by atoms with Gasteiger partial charge in [0.15, 0.2) is 11.5 Å². The minimum atomic E-state index is -4.57. The van der Waals surface area contributed by atoms with E-state index < -0.39 is 42.5 Å². The molecule has 3 N–H and O–H groups in total. The largest absolute Gasteiger partial charge is 0.416 e. The Bertz CT molecular complexity index is 956. The normalized spacial score (nSPS) is 20.5. The van der Waals surface area contributed by atoms with Gasteiger partial charge in [-0.1, -0.05) is 17.3 Å². The smallest absolute Gasteiger partial charge is 0.393 e. The Morgan fingerprint density at radius 3 is 2.42 bits per heavy atom. The summed E-state index contributed by atoms with van der Waals surface area (Å²) in [5, 5.41) is 18.4. The molecule has 1 heterocycles. The van der Waals surface area contributed by atoms with Crippen molar-refractivity contribution in [1.82, 2.24) is 15.8 Å². The van der Waals surface area contributed by atoms with Crippen LogP contribution in [-0.2, 0) is 12.7 Å². The molecule has 3 atom stereocenters. The third kappa shape index (κ3) is 6.26. The molecule has 1 aliphatic carbocycles.